The number of nitrogens with one attached hydrogen (secondary N) is 1. The Morgan fingerprint density at radius 3 is 2.40 bits per heavy atom. The summed E-state index contributed by atoms with van der Waals surface area (Å²) in [6, 6.07) is 9.69. The minimum Gasteiger partial charge on any atom is -0.497 e. The van der Waals surface area contributed by atoms with E-state index in [0.29, 0.717) is 0 Å². The van der Waals surface area contributed by atoms with Crippen LogP contribution in [-0.4, -0.2) is 30.2 Å². The lowest BCUT2D eigenvalue weighted by Gasteiger charge is -2.19. The normalized spacial score (nSPS) is 10.2. The highest BCUT2D eigenvalue weighted by Crippen LogP contribution is 2.20. The highest BCUT2D eigenvalue weighted by atomic mass is 16.5. The Morgan fingerprint density at radius 2 is 1.80 bits per heavy atom. The molecule has 1 aromatic heterocycles. The van der Waals surface area contributed by atoms with Gasteiger partial charge in [0.1, 0.15) is 23.7 Å². The smallest absolute Gasteiger partial charge is 0.135 e. The summed E-state index contributed by atoms with van der Waals surface area (Å²) in [7, 11) is 1.66. The van der Waals surface area contributed by atoms with Crippen LogP contribution in [0.25, 0.3) is 0 Å². The Kier molecular flexibility index (Phi) is 4.76. The summed E-state index contributed by atoms with van der Waals surface area (Å²) in [5.41, 5.74) is 0.968. The van der Waals surface area contributed by atoms with Gasteiger partial charge in [-0.05, 0) is 38.1 Å². The van der Waals surface area contributed by atoms with Crippen molar-refractivity contribution in [2.75, 3.05) is 30.4 Å². The fourth-order valence-electron chi connectivity index (χ4n) is 1.96. The second-order valence-corrected chi connectivity index (χ2v) is 4.29. The summed E-state index contributed by atoms with van der Waals surface area (Å²) >= 11 is 0. The van der Waals surface area contributed by atoms with Gasteiger partial charge in [-0.3, -0.25) is 0 Å². The van der Waals surface area contributed by atoms with E-state index in [0.717, 1.165) is 36.2 Å². The first kappa shape index (κ1) is 14.1. The molecule has 2 rings (SSSR count). The van der Waals surface area contributed by atoms with Crippen LogP contribution in [0.5, 0.6) is 5.75 Å². The van der Waals surface area contributed by atoms with Crippen LogP contribution in [0.2, 0.25) is 0 Å². The maximum atomic E-state index is 5.14. The minimum absolute atomic E-state index is 0.784. The number of rotatable bonds is 6. The number of nitrogens with zero attached hydrogens (tertiary/aromatic N) is 3. The molecule has 0 aliphatic heterocycles. The summed E-state index contributed by atoms with van der Waals surface area (Å²) in [6.07, 6.45) is 1.58. The zero-order chi connectivity index (χ0) is 14.4. The van der Waals surface area contributed by atoms with Gasteiger partial charge >= 0.3 is 0 Å². The molecule has 106 valence electrons. The van der Waals surface area contributed by atoms with Crippen molar-refractivity contribution in [1.82, 2.24) is 9.97 Å². The molecule has 5 nitrogen and oxygen atoms in total. The molecule has 0 aliphatic carbocycles. The maximum Gasteiger partial charge on any atom is 0.135 e. The monoisotopic (exact) mass is 272 g/mol. The van der Waals surface area contributed by atoms with Crippen molar-refractivity contribution < 1.29 is 4.74 Å². The SMILES string of the molecule is CCN(CC)c1cc(Nc2ccc(OC)cc2)ncn1. The van der Waals surface area contributed by atoms with Crippen LogP contribution in [0.4, 0.5) is 17.3 Å². The lowest BCUT2D eigenvalue weighted by atomic mass is 10.3. The van der Waals surface area contributed by atoms with E-state index in [4.69, 9.17) is 4.74 Å². The number of anilines is 3. The third kappa shape index (κ3) is 3.38. The molecule has 0 fully saturated rings. The van der Waals surface area contributed by atoms with Crippen LogP contribution in [-0.2, 0) is 0 Å². The van der Waals surface area contributed by atoms with Crippen molar-refractivity contribution in [2.24, 2.45) is 0 Å². The molecular weight excluding hydrogens is 252 g/mol. The van der Waals surface area contributed by atoms with E-state index in [1.54, 1.807) is 13.4 Å². The Bertz CT molecular complexity index is 538. The average Bonchev–Trinajstić information content (AvgIpc) is 2.50. The largest absolute Gasteiger partial charge is 0.497 e. The van der Waals surface area contributed by atoms with Gasteiger partial charge < -0.3 is 15.0 Å². The molecule has 0 amide bonds. The van der Waals surface area contributed by atoms with Crippen molar-refractivity contribution in [2.45, 2.75) is 13.8 Å². The molecule has 0 aliphatic rings. The zero-order valence-electron chi connectivity index (χ0n) is 12.1. The molecule has 2 aromatic rings. The Balaban J connectivity index is 2.14. The predicted molar refractivity (Wildman–Crippen MR) is 81.9 cm³/mol. The Morgan fingerprint density at radius 1 is 1.10 bits per heavy atom. The van der Waals surface area contributed by atoms with Gasteiger partial charge in [-0.25, -0.2) is 9.97 Å². The first-order valence-electron chi connectivity index (χ1n) is 6.74. The zero-order valence-corrected chi connectivity index (χ0v) is 12.1. The number of aromatic nitrogens is 2. The van der Waals surface area contributed by atoms with Crippen LogP contribution in [0.15, 0.2) is 36.7 Å². The number of benzene rings is 1. The second-order valence-electron chi connectivity index (χ2n) is 4.29. The van der Waals surface area contributed by atoms with Crippen molar-refractivity contribution in [3.8, 4) is 5.75 Å². The van der Waals surface area contributed by atoms with Gasteiger partial charge in [0.2, 0.25) is 0 Å². The standard InChI is InChI=1S/C15H20N4O/c1-4-19(5-2)15-10-14(16-11-17-15)18-12-6-8-13(20-3)9-7-12/h6-11H,4-5H2,1-3H3,(H,16,17,18). The van der Waals surface area contributed by atoms with E-state index in [-0.39, 0.29) is 0 Å². The van der Waals surface area contributed by atoms with E-state index in [9.17, 15) is 0 Å². The maximum absolute atomic E-state index is 5.14. The summed E-state index contributed by atoms with van der Waals surface area (Å²) in [5.74, 6) is 2.55. The first-order valence-corrected chi connectivity index (χ1v) is 6.74. The van der Waals surface area contributed by atoms with E-state index in [2.05, 4.69) is 34.0 Å². The van der Waals surface area contributed by atoms with Gasteiger partial charge in [-0.1, -0.05) is 0 Å². The lowest BCUT2D eigenvalue weighted by molar-refractivity contribution is 0.415. The van der Waals surface area contributed by atoms with Crippen LogP contribution in [0, 0.1) is 0 Å². The molecule has 20 heavy (non-hydrogen) atoms. The molecule has 1 aromatic carbocycles. The van der Waals surface area contributed by atoms with E-state index in [1.165, 1.54) is 0 Å². The van der Waals surface area contributed by atoms with Crippen molar-refractivity contribution >= 4 is 17.3 Å². The molecule has 0 radical (unpaired) electrons. The fraction of sp³-hybridized carbons (Fsp3) is 0.333. The number of hydrogen-bond acceptors (Lipinski definition) is 5. The van der Waals surface area contributed by atoms with Crippen LogP contribution in [0.1, 0.15) is 13.8 Å². The molecular formula is C15H20N4O. The van der Waals surface area contributed by atoms with E-state index >= 15 is 0 Å². The van der Waals surface area contributed by atoms with Crippen LogP contribution < -0.4 is 15.0 Å². The highest BCUT2D eigenvalue weighted by molar-refractivity contribution is 5.59. The fourth-order valence-corrected chi connectivity index (χ4v) is 1.96. The quantitative estimate of drug-likeness (QED) is 0.875. The van der Waals surface area contributed by atoms with Gasteiger partial charge in [0.05, 0.1) is 7.11 Å². The van der Waals surface area contributed by atoms with Gasteiger partial charge in [0.25, 0.3) is 0 Å². The third-order valence-corrected chi connectivity index (χ3v) is 3.10. The minimum atomic E-state index is 0.784. The van der Waals surface area contributed by atoms with Gasteiger partial charge in [-0.15, -0.1) is 0 Å². The summed E-state index contributed by atoms with van der Waals surface area (Å²) < 4.78 is 5.14. The third-order valence-electron chi connectivity index (χ3n) is 3.10. The lowest BCUT2D eigenvalue weighted by Crippen LogP contribution is -2.23. The van der Waals surface area contributed by atoms with Crippen molar-refractivity contribution in [3.05, 3.63) is 36.7 Å². The second kappa shape index (κ2) is 6.75. The summed E-state index contributed by atoms with van der Waals surface area (Å²) in [6.45, 7) is 6.08. The average molecular weight is 272 g/mol. The predicted octanol–water partition coefficient (Wildman–Crippen LogP) is 3.08. The Labute approximate surface area is 119 Å². The number of hydrogen-bond donors (Lipinski definition) is 1. The van der Waals surface area contributed by atoms with Crippen molar-refractivity contribution in [1.29, 1.82) is 0 Å². The number of methoxy groups -OCH3 is 1. The Hall–Kier alpha value is -2.30. The molecule has 0 saturated carbocycles. The molecule has 0 bridgehead atoms. The van der Waals surface area contributed by atoms with Gasteiger partial charge in [0.15, 0.2) is 0 Å². The van der Waals surface area contributed by atoms with Gasteiger partial charge in [0, 0.05) is 24.8 Å². The van der Waals surface area contributed by atoms with Crippen molar-refractivity contribution in [3.63, 3.8) is 0 Å². The van der Waals surface area contributed by atoms with Gasteiger partial charge in [-0.2, -0.15) is 0 Å². The highest BCUT2D eigenvalue weighted by Gasteiger charge is 2.05. The van der Waals surface area contributed by atoms with Crippen LogP contribution >= 0.6 is 0 Å². The molecule has 0 unspecified atom stereocenters. The molecule has 0 spiro atoms. The van der Waals surface area contributed by atoms with Crippen LogP contribution in [0.3, 0.4) is 0 Å². The number of ether oxygens (including phenoxy) is 1. The molecule has 1 heterocycles. The summed E-state index contributed by atoms with van der Waals surface area (Å²) in [4.78, 5) is 10.7. The van der Waals surface area contributed by atoms with E-state index in [1.807, 2.05) is 30.3 Å². The molecule has 5 heteroatoms. The van der Waals surface area contributed by atoms with E-state index < -0.39 is 0 Å². The molecule has 1 N–H and O–H groups in total. The molecule has 0 atom stereocenters. The summed E-state index contributed by atoms with van der Waals surface area (Å²) in [5, 5.41) is 3.27. The first-order chi connectivity index (χ1) is 9.76. The molecule has 0 saturated heterocycles. The topological polar surface area (TPSA) is 50.3 Å².